The standard InChI is InChI=1S/C11H10BrN3O3/c12-10-5-9(15(17)18)2-1-8(10)6-14-4-3-13-11(14)7-16/h1-5,16H,6-7H2. The summed E-state index contributed by atoms with van der Waals surface area (Å²) in [6.07, 6.45) is 3.35. The Morgan fingerprint density at radius 3 is 2.89 bits per heavy atom. The minimum absolute atomic E-state index is 0.0404. The first-order chi connectivity index (χ1) is 8.61. The highest BCUT2D eigenvalue weighted by atomic mass is 79.9. The van der Waals surface area contributed by atoms with Crippen LogP contribution in [0.5, 0.6) is 0 Å². The van der Waals surface area contributed by atoms with Gasteiger partial charge in [-0.05, 0) is 11.6 Å². The van der Waals surface area contributed by atoms with Crippen molar-refractivity contribution in [2.75, 3.05) is 0 Å². The van der Waals surface area contributed by atoms with Crippen LogP contribution in [0.25, 0.3) is 0 Å². The Hall–Kier alpha value is -1.73. The van der Waals surface area contributed by atoms with Crippen molar-refractivity contribution < 1.29 is 10.0 Å². The SMILES string of the molecule is O=[N+]([O-])c1ccc(Cn2ccnc2CO)c(Br)c1. The zero-order valence-electron chi connectivity index (χ0n) is 9.28. The maximum absolute atomic E-state index is 10.6. The van der Waals surface area contributed by atoms with Crippen LogP contribution in [0.1, 0.15) is 11.4 Å². The zero-order valence-corrected chi connectivity index (χ0v) is 10.9. The summed E-state index contributed by atoms with van der Waals surface area (Å²) < 4.78 is 2.45. The molecule has 18 heavy (non-hydrogen) atoms. The van der Waals surface area contributed by atoms with E-state index in [-0.39, 0.29) is 12.3 Å². The van der Waals surface area contributed by atoms with E-state index in [0.29, 0.717) is 16.8 Å². The second-order valence-electron chi connectivity index (χ2n) is 3.66. The molecule has 0 saturated carbocycles. The molecule has 1 N–H and O–H groups in total. The van der Waals surface area contributed by atoms with E-state index in [4.69, 9.17) is 5.11 Å². The summed E-state index contributed by atoms with van der Waals surface area (Å²) >= 11 is 3.31. The van der Waals surface area contributed by atoms with Gasteiger partial charge in [-0.2, -0.15) is 0 Å². The highest BCUT2D eigenvalue weighted by Gasteiger charge is 2.10. The van der Waals surface area contributed by atoms with Crippen LogP contribution in [0.2, 0.25) is 0 Å². The quantitative estimate of drug-likeness (QED) is 0.692. The first-order valence-corrected chi connectivity index (χ1v) is 5.95. The van der Waals surface area contributed by atoms with E-state index in [2.05, 4.69) is 20.9 Å². The number of hydrogen-bond donors (Lipinski definition) is 1. The second kappa shape index (κ2) is 5.28. The zero-order chi connectivity index (χ0) is 13.1. The molecule has 0 spiro atoms. The summed E-state index contributed by atoms with van der Waals surface area (Å²) in [6, 6.07) is 4.60. The van der Waals surface area contributed by atoms with Crippen LogP contribution in [0.3, 0.4) is 0 Å². The summed E-state index contributed by atoms with van der Waals surface area (Å²) in [7, 11) is 0. The van der Waals surface area contributed by atoms with Gasteiger partial charge in [0.05, 0.1) is 4.92 Å². The van der Waals surface area contributed by atoms with Crippen LogP contribution in [-0.2, 0) is 13.2 Å². The molecule has 1 heterocycles. The van der Waals surface area contributed by atoms with E-state index in [1.165, 1.54) is 12.1 Å². The first-order valence-electron chi connectivity index (χ1n) is 5.15. The van der Waals surface area contributed by atoms with E-state index in [1.54, 1.807) is 23.0 Å². The molecule has 0 aliphatic heterocycles. The monoisotopic (exact) mass is 311 g/mol. The van der Waals surface area contributed by atoms with Crippen LogP contribution < -0.4 is 0 Å². The third kappa shape index (κ3) is 2.57. The Balaban J connectivity index is 2.27. The van der Waals surface area contributed by atoms with Gasteiger partial charge in [0.2, 0.25) is 0 Å². The van der Waals surface area contributed by atoms with Crippen molar-refractivity contribution in [3.8, 4) is 0 Å². The minimum Gasteiger partial charge on any atom is -0.388 e. The van der Waals surface area contributed by atoms with Crippen molar-refractivity contribution in [2.45, 2.75) is 13.2 Å². The number of halogens is 1. The van der Waals surface area contributed by atoms with Crippen LogP contribution in [-0.4, -0.2) is 19.6 Å². The van der Waals surface area contributed by atoms with Gasteiger partial charge >= 0.3 is 0 Å². The smallest absolute Gasteiger partial charge is 0.270 e. The molecular weight excluding hydrogens is 302 g/mol. The number of aromatic nitrogens is 2. The second-order valence-corrected chi connectivity index (χ2v) is 4.52. The topological polar surface area (TPSA) is 81.2 Å². The highest BCUT2D eigenvalue weighted by Crippen LogP contribution is 2.24. The number of imidazole rings is 1. The lowest BCUT2D eigenvalue weighted by atomic mass is 10.2. The molecular formula is C11H10BrN3O3. The summed E-state index contributed by atoms with van der Waals surface area (Å²) in [6.45, 7) is 0.353. The van der Waals surface area contributed by atoms with E-state index in [1.807, 2.05) is 0 Å². The number of aliphatic hydroxyl groups excluding tert-OH is 1. The number of benzene rings is 1. The average molecular weight is 312 g/mol. The normalized spacial score (nSPS) is 10.6. The molecule has 0 bridgehead atoms. The van der Waals surface area contributed by atoms with Crippen LogP contribution >= 0.6 is 15.9 Å². The Kier molecular flexibility index (Phi) is 3.73. The fourth-order valence-corrected chi connectivity index (χ4v) is 2.09. The van der Waals surface area contributed by atoms with Gasteiger partial charge in [-0.15, -0.1) is 0 Å². The molecule has 1 aromatic carbocycles. The maximum atomic E-state index is 10.6. The van der Waals surface area contributed by atoms with Gasteiger partial charge in [0.1, 0.15) is 12.4 Å². The Bertz CT molecular complexity index is 583. The van der Waals surface area contributed by atoms with E-state index in [9.17, 15) is 10.1 Å². The van der Waals surface area contributed by atoms with Crippen molar-refractivity contribution in [2.24, 2.45) is 0 Å². The first kappa shape index (κ1) is 12.7. The molecule has 0 saturated heterocycles. The molecule has 0 fully saturated rings. The number of non-ortho nitro benzene ring substituents is 1. The van der Waals surface area contributed by atoms with Gasteiger partial charge in [-0.3, -0.25) is 10.1 Å². The van der Waals surface area contributed by atoms with Crippen molar-refractivity contribution in [1.29, 1.82) is 0 Å². The number of nitrogens with zero attached hydrogens (tertiary/aromatic N) is 3. The van der Waals surface area contributed by atoms with E-state index >= 15 is 0 Å². The number of nitro benzene ring substituents is 1. The molecule has 94 valence electrons. The van der Waals surface area contributed by atoms with Gasteiger partial charge < -0.3 is 9.67 Å². The molecule has 0 aliphatic carbocycles. The molecule has 2 rings (SSSR count). The number of rotatable bonds is 4. The maximum Gasteiger partial charge on any atom is 0.270 e. The lowest BCUT2D eigenvalue weighted by Crippen LogP contribution is -2.05. The summed E-state index contributed by atoms with van der Waals surface area (Å²) in [5.41, 5.74) is 0.923. The molecule has 0 atom stereocenters. The Morgan fingerprint density at radius 2 is 2.28 bits per heavy atom. The molecule has 0 radical (unpaired) electrons. The van der Waals surface area contributed by atoms with E-state index < -0.39 is 4.92 Å². The highest BCUT2D eigenvalue weighted by molar-refractivity contribution is 9.10. The molecule has 1 aromatic heterocycles. The lowest BCUT2D eigenvalue weighted by Gasteiger charge is -2.08. The molecule has 2 aromatic rings. The largest absolute Gasteiger partial charge is 0.388 e. The number of hydrogen-bond acceptors (Lipinski definition) is 4. The van der Waals surface area contributed by atoms with Gasteiger partial charge in [-0.25, -0.2) is 4.98 Å². The lowest BCUT2D eigenvalue weighted by molar-refractivity contribution is -0.384. The molecule has 7 heteroatoms. The van der Waals surface area contributed by atoms with Gasteiger partial charge in [0.15, 0.2) is 0 Å². The van der Waals surface area contributed by atoms with Gasteiger partial charge in [-0.1, -0.05) is 15.9 Å². The summed E-state index contributed by atoms with van der Waals surface area (Å²) in [5.74, 6) is 0.556. The van der Waals surface area contributed by atoms with Crippen molar-refractivity contribution in [3.05, 3.63) is 56.6 Å². The predicted molar refractivity (Wildman–Crippen MR) is 68.0 cm³/mol. The predicted octanol–water partition coefficient (Wildman–Crippen LogP) is 2.09. The molecule has 0 unspecified atom stereocenters. The van der Waals surface area contributed by atoms with Crippen LogP contribution in [0, 0.1) is 10.1 Å². The molecule has 0 amide bonds. The van der Waals surface area contributed by atoms with Crippen molar-refractivity contribution >= 4 is 21.6 Å². The van der Waals surface area contributed by atoms with Crippen molar-refractivity contribution in [3.63, 3.8) is 0 Å². The number of aliphatic hydroxyl groups is 1. The van der Waals surface area contributed by atoms with Crippen molar-refractivity contribution in [1.82, 2.24) is 9.55 Å². The molecule has 6 nitrogen and oxygen atoms in total. The van der Waals surface area contributed by atoms with Crippen LogP contribution in [0.4, 0.5) is 5.69 Å². The average Bonchev–Trinajstić information content (AvgIpc) is 2.78. The van der Waals surface area contributed by atoms with Crippen LogP contribution in [0.15, 0.2) is 35.1 Å². The fourth-order valence-electron chi connectivity index (χ4n) is 1.60. The minimum atomic E-state index is -0.440. The van der Waals surface area contributed by atoms with E-state index in [0.717, 1.165) is 5.56 Å². The van der Waals surface area contributed by atoms with Gasteiger partial charge in [0, 0.05) is 35.5 Å². The third-order valence-electron chi connectivity index (χ3n) is 2.53. The summed E-state index contributed by atoms with van der Waals surface area (Å²) in [4.78, 5) is 14.2. The van der Waals surface area contributed by atoms with Gasteiger partial charge in [0.25, 0.3) is 5.69 Å². The Labute approximate surface area is 111 Å². The summed E-state index contributed by atoms with van der Waals surface area (Å²) in [5, 5.41) is 19.7. The fraction of sp³-hybridized carbons (Fsp3) is 0.182. The molecule has 0 aliphatic rings. The third-order valence-corrected chi connectivity index (χ3v) is 3.27. The number of nitro groups is 1. The Morgan fingerprint density at radius 1 is 1.50 bits per heavy atom.